The van der Waals surface area contributed by atoms with E-state index >= 15 is 0 Å². The molecule has 0 amide bonds. The molecule has 6 aromatic rings. The first-order valence-corrected chi connectivity index (χ1v) is 9.37. The first kappa shape index (κ1) is 14.7. The first-order valence-electron chi connectivity index (χ1n) is 9.37. The van der Waals surface area contributed by atoms with Crippen molar-refractivity contribution in [2.24, 2.45) is 7.05 Å². The molecule has 27 heavy (non-hydrogen) atoms. The number of aromatic nitrogens is 2. The monoisotopic (exact) mass is 347 g/mol. The van der Waals surface area contributed by atoms with Crippen molar-refractivity contribution in [3.8, 4) is 11.3 Å². The van der Waals surface area contributed by atoms with Crippen LogP contribution in [-0.2, 0) is 7.05 Å². The van der Waals surface area contributed by atoms with Crippen LogP contribution < -0.4 is 4.57 Å². The van der Waals surface area contributed by atoms with E-state index in [4.69, 9.17) is 0 Å². The molecule has 0 aliphatic heterocycles. The molecule has 3 aromatic carbocycles. The Morgan fingerprint density at radius 1 is 0.778 bits per heavy atom. The number of aryl methyl sites for hydroxylation is 2. The molecule has 0 unspecified atom stereocenters. The molecular formula is C25H19N2+. The topological polar surface area (TPSA) is 8.29 Å². The van der Waals surface area contributed by atoms with Crippen LogP contribution in [0.2, 0.25) is 0 Å². The lowest BCUT2D eigenvalue weighted by atomic mass is 9.98. The Morgan fingerprint density at radius 3 is 2.37 bits per heavy atom. The fourth-order valence-corrected chi connectivity index (χ4v) is 4.79. The van der Waals surface area contributed by atoms with Gasteiger partial charge >= 0.3 is 0 Å². The van der Waals surface area contributed by atoms with Gasteiger partial charge in [-0.2, -0.15) is 0 Å². The summed E-state index contributed by atoms with van der Waals surface area (Å²) in [6, 6.07) is 26.3. The summed E-state index contributed by atoms with van der Waals surface area (Å²) >= 11 is 0. The molecule has 2 nitrogen and oxygen atoms in total. The van der Waals surface area contributed by atoms with E-state index in [1.165, 1.54) is 54.9 Å². The average molecular weight is 347 g/mol. The van der Waals surface area contributed by atoms with E-state index in [2.05, 4.69) is 102 Å². The molecule has 0 saturated carbocycles. The summed E-state index contributed by atoms with van der Waals surface area (Å²) < 4.78 is 4.67. The summed E-state index contributed by atoms with van der Waals surface area (Å²) in [5.41, 5.74) is 6.50. The second-order valence-electron chi connectivity index (χ2n) is 7.38. The second-order valence-corrected chi connectivity index (χ2v) is 7.38. The van der Waals surface area contributed by atoms with E-state index < -0.39 is 0 Å². The van der Waals surface area contributed by atoms with Crippen molar-refractivity contribution in [3.63, 3.8) is 0 Å². The van der Waals surface area contributed by atoms with Gasteiger partial charge in [-0.05, 0) is 35.9 Å². The zero-order valence-corrected chi connectivity index (χ0v) is 15.4. The highest BCUT2D eigenvalue weighted by Gasteiger charge is 2.25. The van der Waals surface area contributed by atoms with E-state index in [9.17, 15) is 0 Å². The second kappa shape index (κ2) is 5.08. The number of fused-ring (bicyclic) bond motifs is 5. The summed E-state index contributed by atoms with van der Waals surface area (Å²) in [5.74, 6) is 0. The van der Waals surface area contributed by atoms with E-state index in [0.717, 1.165) is 0 Å². The molecule has 128 valence electrons. The number of hydrogen-bond acceptors (Lipinski definition) is 0. The van der Waals surface area contributed by atoms with Gasteiger partial charge in [-0.15, -0.1) is 0 Å². The van der Waals surface area contributed by atoms with Gasteiger partial charge in [0.05, 0.1) is 16.6 Å². The van der Waals surface area contributed by atoms with Gasteiger partial charge in [0.1, 0.15) is 7.05 Å². The highest BCUT2D eigenvalue weighted by Crippen LogP contribution is 2.44. The molecule has 3 aromatic heterocycles. The molecule has 2 heteroatoms. The highest BCUT2D eigenvalue weighted by atomic mass is 15.0. The largest absolute Gasteiger partial charge is 0.312 e. The lowest BCUT2D eigenvalue weighted by molar-refractivity contribution is -0.660. The highest BCUT2D eigenvalue weighted by molar-refractivity contribution is 6.28. The molecule has 0 aliphatic rings. The molecule has 0 N–H and O–H groups in total. The number of benzene rings is 3. The smallest absolute Gasteiger partial charge is 0.214 e. The normalized spacial score (nSPS) is 12.1. The minimum Gasteiger partial charge on any atom is -0.312 e. The third-order valence-electron chi connectivity index (χ3n) is 5.94. The first-order chi connectivity index (χ1) is 13.3. The third-order valence-corrected chi connectivity index (χ3v) is 5.94. The number of rotatable bonds is 1. The van der Waals surface area contributed by atoms with Gasteiger partial charge in [-0.3, -0.25) is 0 Å². The average Bonchev–Trinajstić information content (AvgIpc) is 3.19. The molecular weight excluding hydrogens is 328 g/mol. The van der Waals surface area contributed by atoms with Crippen LogP contribution >= 0.6 is 0 Å². The predicted octanol–water partition coefficient (Wildman–Crippen LogP) is 5.64. The number of hydrogen-bond donors (Lipinski definition) is 0. The van der Waals surface area contributed by atoms with Crippen molar-refractivity contribution in [1.29, 1.82) is 0 Å². The molecule has 0 saturated heterocycles. The maximum absolute atomic E-state index is 2.45. The number of para-hydroxylation sites is 1. The van der Waals surface area contributed by atoms with E-state index in [0.29, 0.717) is 0 Å². The molecule has 6 rings (SSSR count). The fourth-order valence-electron chi connectivity index (χ4n) is 4.79. The van der Waals surface area contributed by atoms with Crippen molar-refractivity contribution in [2.75, 3.05) is 0 Å². The third kappa shape index (κ3) is 1.77. The van der Waals surface area contributed by atoms with Crippen LogP contribution in [-0.4, -0.2) is 4.40 Å². The van der Waals surface area contributed by atoms with Crippen molar-refractivity contribution in [3.05, 3.63) is 84.7 Å². The van der Waals surface area contributed by atoms with Crippen LogP contribution in [0.3, 0.4) is 0 Å². The van der Waals surface area contributed by atoms with E-state index in [-0.39, 0.29) is 0 Å². The molecule has 0 radical (unpaired) electrons. The molecule has 0 fully saturated rings. The van der Waals surface area contributed by atoms with Gasteiger partial charge in [-0.1, -0.05) is 42.5 Å². The minimum absolute atomic E-state index is 1.25. The van der Waals surface area contributed by atoms with Gasteiger partial charge in [0.2, 0.25) is 5.69 Å². The van der Waals surface area contributed by atoms with Gasteiger partial charge in [-0.25, -0.2) is 4.57 Å². The van der Waals surface area contributed by atoms with E-state index in [1.807, 2.05) is 0 Å². The Morgan fingerprint density at radius 2 is 1.52 bits per heavy atom. The Hall–Kier alpha value is -3.39. The Bertz CT molecular complexity index is 1490. The molecule has 0 bridgehead atoms. The van der Waals surface area contributed by atoms with Crippen molar-refractivity contribution >= 4 is 38.0 Å². The standard InChI is InChI=1S/C25H19N2/c1-16-23(22-13-7-8-14-26(22)2)20-15-17-9-3-4-10-18(17)24-19-11-5-6-12-21(19)27(16)25(20)24/h3-15H,1-2H3/q+1. The predicted molar refractivity (Wildman–Crippen MR) is 112 cm³/mol. The van der Waals surface area contributed by atoms with Gasteiger partial charge in [0.15, 0.2) is 6.20 Å². The van der Waals surface area contributed by atoms with Crippen molar-refractivity contribution in [1.82, 2.24) is 4.40 Å². The van der Waals surface area contributed by atoms with Gasteiger partial charge in [0.25, 0.3) is 0 Å². The Labute approximate surface area is 157 Å². The summed E-state index contributed by atoms with van der Waals surface area (Å²) in [4.78, 5) is 0. The zero-order valence-electron chi connectivity index (χ0n) is 15.4. The molecule has 3 heterocycles. The minimum atomic E-state index is 1.25. The summed E-state index contributed by atoms with van der Waals surface area (Å²) in [6.07, 6.45) is 2.12. The Kier molecular flexibility index (Phi) is 2.77. The van der Waals surface area contributed by atoms with E-state index in [1.54, 1.807) is 0 Å². The number of nitrogens with zero attached hydrogens (tertiary/aromatic N) is 2. The summed E-state index contributed by atoms with van der Waals surface area (Å²) in [5, 5.41) is 6.67. The lowest BCUT2D eigenvalue weighted by Crippen LogP contribution is -2.30. The van der Waals surface area contributed by atoms with Gasteiger partial charge < -0.3 is 4.40 Å². The SMILES string of the molecule is Cc1c(-c2cccc[n+]2C)c2cc3ccccc3c3c4ccccc4n1c23. The van der Waals surface area contributed by atoms with Crippen molar-refractivity contribution in [2.45, 2.75) is 6.92 Å². The van der Waals surface area contributed by atoms with Crippen molar-refractivity contribution < 1.29 is 4.57 Å². The fraction of sp³-hybridized carbons (Fsp3) is 0.0800. The number of pyridine rings is 1. The summed E-state index contributed by atoms with van der Waals surface area (Å²) in [6.45, 7) is 2.25. The zero-order chi connectivity index (χ0) is 18.1. The molecule has 0 atom stereocenters. The van der Waals surface area contributed by atoms with Crippen LogP contribution in [0.25, 0.3) is 49.2 Å². The van der Waals surface area contributed by atoms with Crippen LogP contribution in [0.4, 0.5) is 0 Å². The molecule has 0 aliphatic carbocycles. The van der Waals surface area contributed by atoms with Crippen LogP contribution in [0, 0.1) is 6.92 Å². The van der Waals surface area contributed by atoms with Crippen LogP contribution in [0.5, 0.6) is 0 Å². The maximum atomic E-state index is 2.45. The Balaban J connectivity index is 1.97. The van der Waals surface area contributed by atoms with Crippen LogP contribution in [0.1, 0.15) is 5.69 Å². The maximum Gasteiger partial charge on any atom is 0.214 e. The van der Waals surface area contributed by atoms with Crippen LogP contribution in [0.15, 0.2) is 79.0 Å². The lowest BCUT2D eigenvalue weighted by Gasteiger charge is -2.05. The summed E-state index contributed by atoms with van der Waals surface area (Å²) in [7, 11) is 2.12. The van der Waals surface area contributed by atoms with Gasteiger partial charge in [0, 0.05) is 34.0 Å². The molecule has 0 spiro atoms. The quantitative estimate of drug-likeness (QED) is 0.340.